The van der Waals surface area contributed by atoms with E-state index in [4.69, 9.17) is 5.73 Å². The van der Waals surface area contributed by atoms with Gasteiger partial charge in [0.25, 0.3) is 0 Å². The lowest BCUT2D eigenvalue weighted by Crippen LogP contribution is -1.99. The topological polar surface area (TPSA) is 56.7 Å². The molecule has 0 aliphatic heterocycles. The van der Waals surface area contributed by atoms with Gasteiger partial charge in [0, 0.05) is 11.7 Å². The van der Waals surface area contributed by atoms with Crippen LogP contribution in [0.15, 0.2) is 24.3 Å². The van der Waals surface area contributed by atoms with Gasteiger partial charge in [-0.05, 0) is 43.5 Å². The van der Waals surface area contributed by atoms with Gasteiger partial charge in [-0.15, -0.1) is 10.2 Å². The van der Waals surface area contributed by atoms with Crippen molar-refractivity contribution in [3.05, 3.63) is 41.5 Å². The molecule has 3 rings (SSSR count). The van der Waals surface area contributed by atoms with Gasteiger partial charge in [-0.1, -0.05) is 18.2 Å². The predicted molar refractivity (Wildman–Crippen MR) is 72.8 cm³/mol. The van der Waals surface area contributed by atoms with E-state index in [-0.39, 0.29) is 0 Å². The predicted octanol–water partition coefficient (Wildman–Crippen LogP) is 2.67. The van der Waals surface area contributed by atoms with Crippen LogP contribution in [-0.2, 0) is 0 Å². The third-order valence-corrected chi connectivity index (χ3v) is 3.14. The Morgan fingerprint density at radius 1 is 1.28 bits per heavy atom. The molecule has 0 radical (unpaired) electrons. The average Bonchev–Trinajstić information content (AvgIpc) is 3.11. The summed E-state index contributed by atoms with van der Waals surface area (Å²) in [6.07, 6.45) is 6.50. The standard InChI is InChI=1S/C14H16N4/c1-10-16-17-14(18(10)13-6-7-13)8-5-11-3-2-4-12(15)9-11/h2-5,8-9,13H,6-7,15H2,1H3/b8-5+. The molecule has 1 heterocycles. The van der Waals surface area contributed by atoms with E-state index >= 15 is 0 Å². The molecule has 0 spiro atoms. The van der Waals surface area contributed by atoms with Crippen molar-refractivity contribution in [2.75, 3.05) is 5.73 Å². The Morgan fingerprint density at radius 2 is 2.11 bits per heavy atom. The number of benzene rings is 1. The Balaban J connectivity index is 1.88. The minimum absolute atomic E-state index is 0.598. The van der Waals surface area contributed by atoms with Crippen LogP contribution in [0.5, 0.6) is 0 Å². The van der Waals surface area contributed by atoms with Gasteiger partial charge in [0.05, 0.1) is 0 Å². The number of rotatable bonds is 3. The summed E-state index contributed by atoms with van der Waals surface area (Å²) >= 11 is 0. The maximum Gasteiger partial charge on any atom is 0.156 e. The second-order valence-corrected chi connectivity index (χ2v) is 4.71. The molecule has 1 aliphatic carbocycles. The molecule has 0 bridgehead atoms. The normalized spacial score (nSPS) is 15.4. The smallest absolute Gasteiger partial charge is 0.156 e. The van der Waals surface area contributed by atoms with Gasteiger partial charge in [0.15, 0.2) is 5.82 Å². The molecule has 1 aromatic heterocycles. The first kappa shape index (κ1) is 11.0. The zero-order valence-corrected chi connectivity index (χ0v) is 10.4. The van der Waals surface area contributed by atoms with E-state index in [0.717, 1.165) is 22.9 Å². The lowest BCUT2D eigenvalue weighted by atomic mass is 10.2. The largest absolute Gasteiger partial charge is 0.399 e. The molecule has 18 heavy (non-hydrogen) atoms. The molecule has 2 aromatic rings. The van der Waals surface area contributed by atoms with E-state index in [2.05, 4.69) is 14.8 Å². The third-order valence-electron chi connectivity index (χ3n) is 3.14. The highest BCUT2D eigenvalue weighted by molar-refractivity contribution is 5.68. The van der Waals surface area contributed by atoms with Gasteiger partial charge in [0.2, 0.25) is 0 Å². The van der Waals surface area contributed by atoms with Crippen LogP contribution in [0.2, 0.25) is 0 Å². The fourth-order valence-corrected chi connectivity index (χ4v) is 2.12. The van der Waals surface area contributed by atoms with E-state index in [9.17, 15) is 0 Å². The van der Waals surface area contributed by atoms with Crippen molar-refractivity contribution in [1.82, 2.24) is 14.8 Å². The van der Waals surface area contributed by atoms with Crippen LogP contribution in [0.1, 0.15) is 36.1 Å². The van der Waals surface area contributed by atoms with Crippen molar-refractivity contribution in [2.45, 2.75) is 25.8 Å². The van der Waals surface area contributed by atoms with Crippen molar-refractivity contribution in [3.8, 4) is 0 Å². The number of aryl methyl sites for hydroxylation is 1. The van der Waals surface area contributed by atoms with Gasteiger partial charge >= 0.3 is 0 Å². The van der Waals surface area contributed by atoms with Crippen LogP contribution >= 0.6 is 0 Å². The number of anilines is 1. The van der Waals surface area contributed by atoms with E-state index in [1.165, 1.54) is 12.8 Å². The van der Waals surface area contributed by atoms with Gasteiger partial charge in [-0.3, -0.25) is 0 Å². The highest BCUT2D eigenvalue weighted by atomic mass is 15.3. The lowest BCUT2D eigenvalue weighted by molar-refractivity contribution is 0.703. The van der Waals surface area contributed by atoms with E-state index in [0.29, 0.717) is 6.04 Å². The Labute approximate surface area is 106 Å². The summed E-state index contributed by atoms with van der Waals surface area (Å²) in [6.45, 7) is 2.00. The molecule has 92 valence electrons. The molecule has 1 aliphatic rings. The summed E-state index contributed by atoms with van der Waals surface area (Å²) in [5.41, 5.74) is 7.61. The highest BCUT2D eigenvalue weighted by Gasteiger charge is 2.27. The monoisotopic (exact) mass is 240 g/mol. The van der Waals surface area contributed by atoms with Crippen molar-refractivity contribution in [2.24, 2.45) is 0 Å². The van der Waals surface area contributed by atoms with E-state index in [1.54, 1.807) is 0 Å². The Bertz CT molecular complexity index is 594. The minimum Gasteiger partial charge on any atom is -0.399 e. The fraction of sp³-hybridized carbons (Fsp3) is 0.286. The summed E-state index contributed by atoms with van der Waals surface area (Å²) in [5, 5.41) is 8.35. The Hall–Kier alpha value is -2.10. The van der Waals surface area contributed by atoms with Crippen LogP contribution in [0.3, 0.4) is 0 Å². The molecule has 0 amide bonds. The summed E-state index contributed by atoms with van der Waals surface area (Å²) < 4.78 is 2.21. The second-order valence-electron chi connectivity index (χ2n) is 4.71. The third kappa shape index (κ3) is 2.14. The maximum atomic E-state index is 5.75. The number of hydrogen-bond acceptors (Lipinski definition) is 3. The first-order valence-corrected chi connectivity index (χ1v) is 6.19. The van der Waals surface area contributed by atoms with Gasteiger partial charge < -0.3 is 10.3 Å². The van der Waals surface area contributed by atoms with Gasteiger partial charge in [-0.2, -0.15) is 0 Å². The quantitative estimate of drug-likeness (QED) is 0.839. The zero-order chi connectivity index (χ0) is 12.5. The minimum atomic E-state index is 0.598. The van der Waals surface area contributed by atoms with Crippen molar-refractivity contribution in [1.29, 1.82) is 0 Å². The molecule has 0 saturated heterocycles. The van der Waals surface area contributed by atoms with Crippen molar-refractivity contribution >= 4 is 17.8 Å². The SMILES string of the molecule is Cc1nnc(/C=C/c2cccc(N)c2)n1C1CC1. The summed E-state index contributed by atoms with van der Waals surface area (Å²) in [5.74, 6) is 1.92. The fourth-order valence-electron chi connectivity index (χ4n) is 2.12. The van der Waals surface area contributed by atoms with Gasteiger partial charge in [0.1, 0.15) is 5.82 Å². The second kappa shape index (κ2) is 4.29. The van der Waals surface area contributed by atoms with E-state index in [1.807, 2.05) is 43.3 Å². The Morgan fingerprint density at radius 3 is 2.83 bits per heavy atom. The van der Waals surface area contributed by atoms with Gasteiger partial charge in [-0.25, -0.2) is 0 Å². The number of nitrogen functional groups attached to an aromatic ring is 1. The molecule has 0 unspecified atom stereocenters. The molecule has 4 heteroatoms. The number of nitrogens with zero attached hydrogens (tertiary/aromatic N) is 3. The molecule has 0 atom stereocenters. The molecule has 1 saturated carbocycles. The molecule has 4 nitrogen and oxygen atoms in total. The molecular weight excluding hydrogens is 224 g/mol. The number of aromatic nitrogens is 3. The zero-order valence-electron chi connectivity index (χ0n) is 10.4. The van der Waals surface area contributed by atoms with Crippen LogP contribution in [0.4, 0.5) is 5.69 Å². The number of nitrogens with two attached hydrogens (primary N) is 1. The van der Waals surface area contributed by atoms with Crippen LogP contribution < -0.4 is 5.73 Å². The Kier molecular flexibility index (Phi) is 2.63. The molecule has 2 N–H and O–H groups in total. The average molecular weight is 240 g/mol. The van der Waals surface area contributed by atoms with Crippen molar-refractivity contribution in [3.63, 3.8) is 0 Å². The first-order valence-electron chi connectivity index (χ1n) is 6.19. The highest BCUT2D eigenvalue weighted by Crippen LogP contribution is 2.36. The molecular formula is C14H16N4. The maximum absolute atomic E-state index is 5.75. The summed E-state index contributed by atoms with van der Waals surface area (Å²) in [6, 6.07) is 8.40. The molecule has 1 fully saturated rings. The van der Waals surface area contributed by atoms with Crippen molar-refractivity contribution < 1.29 is 0 Å². The lowest BCUT2D eigenvalue weighted by Gasteiger charge is -2.02. The molecule has 1 aromatic carbocycles. The van der Waals surface area contributed by atoms with E-state index < -0.39 is 0 Å². The summed E-state index contributed by atoms with van der Waals surface area (Å²) in [4.78, 5) is 0. The van der Waals surface area contributed by atoms with Crippen LogP contribution in [-0.4, -0.2) is 14.8 Å². The first-order chi connectivity index (χ1) is 8.74. The summed E-state index contributed by atoms with van der Waals surface area (Å²) in [7, 11) is 0. The van der Waals surface area contributed by atoms with Crippen LogP contribution in [0.25, 0.3) is 12.2 Å². The number of hydrogen-bond donors (Lipinski definition) is 1. The van der Waals surface area contributed by atoms with Crippen LogP contribution in [0, 0.1) is 6.92 Å².